The third kappa shape index (κ3) is 3.90. The van der Waals surface area contributed by atoms with Crippen molar-refractivity contribution in [3.8, 4) is 0 Å². The largest absolute Gasteiger partial charge is 0.384 e. The van der Waals surface area contributed by atoms with Crippen LogP contribution in [0, 0.1) is 5.92 Å². The molecular formula is C17H27N3O3S. The van der Waals surface area contributed by atoms with Crippen molar-refractivity contribution in [2.45, 2.75) is 37.0 Å². The number of ether oxygens (including phenoxy) is 1. The Hall–Kier alpha value is -1.18. The van der Waals surface area contributed by atoms with Crippen molar-refractivity contribution < 1.29 is 13.2 Å². The number of hydrogen-bond acceptors (Lipinski definition) is 5. The van der Waals surface area contributed by atoms with Crippen molar-refractivity contribution in [3.05, 3.63) is 18.3 Å². The fourth-order valence-electron chi connectivity index (χ4n) is 3.53. The Bertz CT molecular complexity index is 619. The lowest BCUT2D eigenvalue weighted by atomic mass is 9.98. The lowest BCUT2D eigenvalue weighted by Gasteiger charge is -2.32. The predicted molar refractivity (Wildman–Crippen MR) is 93.7 cm³/mol. The molecule has 7 heteroatoms. The Kier molecular flexibility index (Phi) is 5.73. The fourth-order valence-corrected chi connectivity index (χ4v) is 4.99. The molecule has 2 saturated heterocycles. The highest BCUT2D eigenvalue weighted by Crippen LogP contribution is 2.24. The second kappa shape index (κ2) is 7.80. The number of hydrogen-bond donors (Lipinski definition) is 0. The molecule has 24 heavy (non-hydrogen) atoms. The van der Waals surface area contributed by atoms with Crippen LogP contribution in [0.1, 0.15) is 32.1 Å². The monoisotopic (exact) mass is 353 g/mol. The topological polar surface area (TPSA) is 62.7 Å². The fraction of sp³-hybridized carbons (Fsp3) is 0.706. The first-order valence-corrected chi connectivity index (χ1v) is 10.3. The van der Waals surface area contributed by atoms with E-state index in [0.29, 0.717) is 23.9 Å². The first kappa shape index (κ1) is 17.6. The Morgan fingerprint density at radius 3 is 2.42 bits per heavy atom. The van der Waals surface area contributed by atoms with Gasteiger partial charge in [-0.3, -0.25) is 0 Å². The SMILES string of the molecule is COCC1CCN(c2ccc(S(=O)(=O)N3CCCCC3)cn2)CC1. The number of anilines is 1. The standard InChI is InChI=1S/C17H27N3O3S/c1-23-14-15-7-11-19(12-8-15)17-6-5-16(13-18-17)24(21,22)20-9-3-2-4-10-20/h5-6,13,15H,2-4,7-12,14H2,1H3. The lowest BCUT2D eigenvalue weighted by Crippen LogP contribution is -2.36. The van der Waals surface area contributed by atoms with E-state index >= 15 is 0 Å². The summed E-state index contributed by atoms with van der Waals surface area (Å²) in [4.78, 5) is 6.96. The second-order valence-corrected chi connectivity index (χ2v) is 8.64. The highest BCUT2D eigenvalue weighted by atomic mass is 32.2. The maximum Gasteiger partial charge on any atom is 0.244 e. The molecule has 0 atom stereocenters. The molecule has 3 heterocycles. The zero-order valence-corrected chi connectivity index (χ0v) is 15.2. The molecule has 3 rings (SSSR count). The first-order chi connectivity index (χ1) is 11.6. The maximum atomic E-state index is 12.6. The molecule has 1 aromatic rings. The summed E-state index contributed by atoms with van der Waals surface area (Å²) in [5.74, 6) is 1.48. The van der Waals surface area contributed by atoms with Crippen LogP contribution in [-0.2, 0) is 14.8 Å². The summed E-state index contributed by atoms with van der Waals surface area (Å²) < 4.78 is 32.1. The van der Waals surface area contributed by atoms with E-state index in [4.69, 9.17) is 4.74 Å². The van der Waals surface area contributed by atoms with Crippen LogP contribution in [0.5, 0.6) is 0 Å². The zero-order chi connectivity index (χ0) is 17.0. The minimum Gasteiger partial charge on any atom is -0.384 e. The Morgan fingerprint density at radius 2 is 1.83 bits per heavy atom. The van der Waals surface area contributed by atoms with Gasteiger partial charge in [0.25, 0.3) is 0 Å². The van der Waals surface area contributed by atoms with Crippen LogP contribution in [0.4, 0.5) is 5.82 Å². The smallest absolute Gasteiger partial charge is 0.244 e. The summed E-state index contributed by atoms with van der Waals surface area (Å²) in [7, 11) is -1.64. The Morgan fingerprint density at radius 1 is 1.12 bits per heavy atom. The van der Waals surface area contributed by atoms with Crippen LogP contribution in [0.25, 0.3) is 0 Å². The van der Waals surface area contributed by atoms with E-state index in [2.05, 4.69) is 9.88 Å². The summed E-state index contributed by atoms with van der Waals surface area (Å²) in [5.41, 5.74) is 0. The number of rotatable bonds is 5. The van der Waals surface area contributed by atoms with Crippen LogP contribution in [0.3, 0.4) is 0 Å². The van der Waals surface area contributed by atoms with E-state index in [1.807, 2.05) is 6.07 Å². The van der Waals surface area contributed by atoms with Gasteiger partial charge in [0.1, 0.15) is 10.7 Å². The summed E-state index contributed by atoms with van der Waals surface area (Å²) in [6.07, 6.45) is 6.69. The van der Waals surface area contributed by atoms with Crippen molar-refractivity contribution in [2.75, 3.05) is 44.8 Å². The third-order valence-corrected chi connectivity index (χ3v) is 6.90. The van der Waals surface area contributed by atoms with Gasteiger partial charge < -0.3 is 9.64 Å². The van der Waals surface area contributed by atoms with Gasteiger partial charge in [0.2, 0.25) is 10.0 Å². The first-order valence-electron chi connectivity index (χ1n) is 8.81. The molecule has 0 bridgehead atoms. The maximum absolute atomic E-state index is 12.6. The average Bonchev–Trinajstić information content (AvgIpc) is 2.63. The molecule has 0 spiro atoms. The zero-order valence-electron chi connectivity index (χ0n) is 14.4. The summed E-state index contributed by atoms with van der Waals surface area (Å²) in [5, 5.41) is 0. The van der Waals surface area contributed by atoms with E-state index in [0.717, 1.165) is 57.6 Å². The number of pyridine rings is 1. The molecular weight excluding hydrogens is 326 g/mol. The Labute approximate surface area is 144 Å². The summed E-state index contributed by atoms with van der Waals surface area (Å²) in [6, 6.07) is 3.54. The highest BCUT2D eigenvalue weighted by molar-refractivity contribution is 7.89. The van der Waals surface area contributed by atoms with Crippen LogP contribution in [-0.4, -0.2) is 57.6 Å². The molecule has 0 radical (unpaired) electrons. The predicted octanol–water partition coefficient (Wildman–Crippen LogP) is 2.12. The van der Waals surface area contributed by atoms with Crippen LogP contribution in [0.15, 0.2) is 23.2 Å². The van der Waals surface area contributed by atoms with Crippen LogP contribution < -0.4 is 4.90 Å². The van der Waals surface area contributed by atoms with Crippen molar-refractivity contribution in [3.63, 3.8) is 0 Å². The van der Waals surface area contributed by atoms with Gasteiger partial charge in [-0.25, -0.2) is 13.4 Å². The summed E-state index contributed by atoms with van der Waals surface area (Å²) >= 11 is 0. The molecule has 0 aliphatic carbocycles. The third-order valence-electron chi connectivity index (χ3n) is 5.01. The molecule has 0 saturated carbocycles. The van der Waals surface area contributed by atoms with Gasteiger partial charge in [-0.1, -0.05) is 6.42 Å². The van der Waals surface area contributed by atoms with Gasteiger partial charge in [0, 0.05) is 46.1 Å². The van der Waals surface area contributed by atoms with Crippen LogP contribution >= 0.6 is 0 Å². The van der Waals surface area contributed by atoms with Crippen LogP contribution in [0.2, 0.25) is 0 Å². The molecule has 0 aromatic carbocycles. The molecule has 0 amide bonds. The van der Waals surface area contributed by atoms with E-state index in [1.54, 1.807) is 17.5 Å². The van der Waals surface area contributed by atoms with Crippen molar-refractivity contribution in [2.24, 2.45) is 5.92 Å². The Balaban J connectivity index is 1.65. The molecule has 2 aliphatic rings. The van der Waals surface area contributed by atoms with E-state index in [1.165, 1.54) is 6.20 Å². The minimum absolute atomic E-state index is 0.308. The number of nitrogens with zero attached hydrogens (tertiary/aromatic N) is 3. The lowest BCUT2D eigenvalue weighted by molar-refractivity contribution is 0.139. The van der Waals surface area contributed by atoms with Gasteiger partial charge in [0.05, 0.1) is 0 Å². The molecule has 6 nitrogen and oxygen atoms in total. The number of methoxy groups -OCH3 is 1. The van der Waals surface area contributed by atoms with Gasteiger partial charge in [-0.2, -0.15) is 4.31 Å². The minimum atomic E-state index is -3.39. The van der Waals surface area contributed by atoms with E-state index in [9.17, 15) is 8.42 Å². The van der Waals surface area contributed by atoms with Gasteiger partial charge in [-0.05, 0) is 43.7 Å². The van der Waals surface area contributed by atoms with Gasteiger partial charge >= 0.3 is 0 Å². The highest BCUT2D eigenvalue weighted by Gasteiger charge is 2.27. The molecule has 134 valence electrons. The molecule has 0 unspecified atom stereocenters. The average molecular weight is 353 g/mol. The quantitative estimate of drug-likeness (QED) is 0.811. The second-order valence-electron chi connectivity index (χ2n) is 6.70. The van der Waals surface area contributed by atoms with Crippen molar-refractivity contribution in [1.29, 1.82) is 0 Å². The van der Waals surface area contributed by atoms with E-state index in [-0.39, 0.29) is 0 Å². The number of aromatic nitrogens is 1. The molecule has 2 aliphatic heterocycles. The van der Waals surface area contributed by atoms with E-state index < -0.39 is 10.0 Å². The number of piperidine rings is 2. The normalized spacial score (nSPS) is 21.1. The van der Waals surface area contributed by atoms with Crippen molar-refractivity contribution in [1.82, 2.24) is 9.29 Å². The summed E-state index contributed by atoms with van der Waals surface area (Å²) in [6.45, 7) is 3.95. The molecule has 1 aromatic heterocycles. The molecule has 2 fully saturated rings. The molecule has 0 N–H and O–H groups in total. The van der Waals surface area contributed by atoms with Crippen molar-refractivity contribution >= 4 is 15.8 Å². The van der Waals surface area contributed by atoms with Gasteiger partial charge in [0.15, 0.2) is 0 Å². The van der Waals surface area contributed by atoms with Gasteiger partial charge in [-0.15, -0.1) is 0 Å². The number of sulfonamides is 1.